The van der Waals surface area contributed by atoms with Crippen LogP contribution in [0.1, 0.15) is 48.5 Å². The van der Waals surface area contributed by atoms with Crippen LogP contribution in [0.25, 0.3) is 0 Å². The SMILES string of the molecule is COc1cccc(C(O)(C(=O)N[C@H](C)CCC2CCN(c3ccc(C(=O)N(C)C)c(Cl)n3)CC2)C(F)(F)F)c1. The zero-order chi connectivity index (χ0) is 29.0. The van der Waals surface area contributed by atoms with Gasteiger partial charge in [0.25, 0.3) is 17.4 Å². The number of nitrogens with zero attached hydrogens (tertiary/aromatic N) is 3. The van der Waals surface area contributed by atoms with Crippen molar-refractivity contribution in [3.63, 3.8) is 0 Å². The largest absolute Gasteiger partial charge is 0.497 e. The van der Waals surface area contributed by atoms with Gasteiger partial charge in [-0.25, -0.2) is 4.98 Å². The summed E-state index contributed by atoms with van der Waals surface area (Å²) in [5, 5.41) is 13.1. The Balaban J connectivity index is 1.55. The molecule has 2 amide bonds. The highest BCUT2D eigenvalue weighted by molar-refractivity contribution is 6.32. The van der Waals surface area contributed by atoms with E-state index in [2.05, 4.69) is 15.2 Å². The van der Waals surface area contributed by atoms with Crippen LogP contribution in [0.5, 0.6) is 5.75 Å². The molecule has 0 saturated carbocycles. The molecule has 0 bridgehead atoms. The van der Waals surface area contributed by atoms with Gasteiger partial charge in [-0.05, 0) is 62.8 Å². The maximum atomic E-state index is 13.9. The third kappa shape index (κ3) is 6.94. The van der Waals surface area contributed by atoms with Crippen LogP contribution in [0.15, 0.2) is 36.4 Å². The fourth-order valence-corrected chi connectivity index (χ4v) is 4.84. The Morgan fingerprint density at radius 3 is 2.46 bits per heavy atom. The van der Waals surface area contributed by atoms with Crippen LogP contribution < -0.4 is 15.0 Å². The fourth-order valence-electron chi connectivity index (χ4n) is 4.61. The van der Waals surface area contributed by atoms with Crippen molar-refractivity contribution >= 4 is 29.2 Å². The summed E-state index contributed by atoms with van der Waals surface area (Å²) < 4.78 is 46.7. The number of carbonyl (C=O) groups excluding carboxylic acids is 2. The third-order valence-corrected chi connectivity index (χ3v) is 7.31. The Bertz CT molecular complexity index is 1170. The van der Waals surface area contributed by atoms with Crippen molar-refractivity contribution in [2.75, 3.05) is 39.2 Å². The summed E-state index contributed by atoms with van der Waals surface area (Å²) in [7, 11) is 4.57. The lowest BCUT2D eigenvalue weighted by Gasteiger charge is -2.34. The summed E-state index contributed by atoms with van der Waals surface area (Å²) >= 11 is 6.24. The molecule has 1 unspecified atom stereocenters. The molecule has 0 aliphatic carbocycles. The number of piperidine rings is 1. The van der Waals surface area contributed by atoms with E-state index in [-0.39, 0.29) is 16.8 Å². The Kier molecular flexibility index (Phi) is 9.71. The van der Waals surface area contributed by atoms with E-state index >= 15 is 0 Å². The van der Waals surface area contributed by atoms with Gasteiger partial charge in [0, 0.05) is 38.8 Å². The van der Waals surface area contributed by atoms with Crippen LogP contribution in [0.3, 0.4) is 0 Å². The number of anilines is 1. The summed E-state index contributed by atoms with van der Waals surface area (Å²) in [6, 6.07) is 7.61. The molecule has 1 fully saturated rings. The number of hydrogen-bond donors (Lipinski definition) is 2. The van der Waals surface area contributed by atoms with Crippen LogP contribution in [0.4, 0.5) is 19.0 Å². The average molecular weight is 571 g/mol. The summed E-state index contributed by atoms with van der Waals surface area (Å²) in [4.78, 5) is 32.8. The molecule has 1 aromatic carbocycles. The molecule has 39 heavy (non-hydrogen) atoms. The fraction of sp³-hybridized carbons (Fsp3) is 0.519. The average Bonchev–Trinajstić information content (AvgIpc) is 2.90. The number of amides is 2. The second-order valence-electron chi connectivity index (χ2n) is 10.0. The second kappa shape index (κ2) is 12.4. The molecule has 2 heterocycles. The highest BCUT2D eigenvalue weighted by Crippen LogP contribution is 2.40. The number of nitrogens with one attached hydrogen (secondary N) is 1. The number of carbonyl (C=O) groups is 2. The Morgan fingerprint density at radius 1 is 1.23 bits per heavy atom. The monoisotopic (exact) mass is 570 g/mol. The number of alkyl halides is 3. The van der Waals surface area contributed by atoms with Crippen molar-refractivity contribution in [3.8, 4) is 5.75 Å². The summed E-state index contributed by atoms with van der Waals surface area (Å²) in [6.07, 6.45) is -2.43. The van der Waals surface area contributed by atoms with Crippen LogP contribution in [-0.2, 0) is 10.4 Å². The lowest BCUT2D eigenvalue weighted by Crippen LogP contribution is -2.56. The first-order valence-corrected chi connectivity index (χ1v) is 13.0. The standard InChI is InChI=1S/C27H34ClF3N4O4/c1-17(32-25(37)26(38,27(29,30)31)19-6-5-7-20(16-19)39-4)8-9-18-12-14-35(15-13-18)22-11-10-21(23(28)33-22)24(36)34(2)3/h5-7,10-11,16-18,38H,8-9,12-15H2,1-4H3,(H,32,37)/t17-,26?/m1/s1. The molecule has 1 aliphatic heterocycles. The maximum absolute atomic E-state index is 13.9. The zero-order valence-electron chi connectivity index (χ0n) is 22.4. The predicted octanol–water partition coefficient (Wildman–Crippen LogP) is 4.40. The van der Waals surface area contributed by atoms with Crippen molar-refractivity contribution in [3.05, 3.63) is 52.7 Å². The Morgan fingerprint density at radius 2 is 1.90 bits per heavy atom. The quantitative estimate of drug-likeness (QED) is 0.434. The predicted molar refractivity (Wildman–Crippen MR) is 142 cm³/mol. The van der Waals surface area contributed by atoms with E-state index in [0.717, 1.165) is 25.0 Å². The zero-order valence-corrected chi connectivity index (χ0v) is 23.1. The smallest absolute Gasteiger partial charge is 0.430 e. The minimum atomic E-state index is -5.23. The molecule has 12 heteroatoms. The van der Waals surface area contributed by atoms with E-state index in [9.17, 15) is 27.9 Å². The van der Waals surface area contributed by atoms with Gasteiger partial charge >= 0.3 is 6.18 Å². The highest BCUT2D eigenvalue weighted by atomic mass is 35.5. The molecule has 1 aromatic heterocycles. The maximum Gasteiger partial charge on any atom is 0.430 e. The van der Waals surface area contributed by atoms with E-state index in [0.29, 0.717) is 43.2 Å². The number of hydrogen-bond acceptors (Lipinski definition) is 6. The molecule has 3 rings (SSSR count). The molecule has 2 N–H and O–H groups in total. The first-order chi connectivity index (χ1) is 18.3. The number of halogens is 4. The van der Waals surface area contributed by atoms with Gasteiger partial charge in [0.1, 0.15) is 16.7 Å². The number of methoxy groups -OCH3 is 1. The van der Waals surface area contributed by atoms with Crippen molar-refractivity contribution in [1.29, 1.82) is 0 Å². The third-order valence-electron chi connectivity index (χ3n) is 7.02. The van der Waals surface area contributed by atoms with E-state index in [1.807, 2.05) is 0 Å². The van der Waals surface area contributed by atoms with Gasteiger partial charge in [-0.3, -0.25) is 9.59 Å². The Hall–Kier alpha value is -3.05. The Labute approximate surface area is 231 Å². The molecule has 2 atom stereocenters. The minimum Gasteiger partial charge on any atom is -0.497 e. The van der Waals surface area contributed by atoms with Gasteiger partial charge in [0.05, 0.1) is 12.7 Å². The van der Waals surface area contributed by atoms with E-state index in [4.69, 9.17) is 16.3 Å². The molecule has 1 saturated heterocycles. The minimum absolute atomic E-state index is 0.0952. The molecule has 8 nitrogen and oxygen atoms in total. The summed E-state index contributed by atoms with van der Waals surface area (Å²) in [5.74, 6) is -0.664. The van der Waals surface area contributed by atoms with Crippen LogP contribution in [0, 0.1) is 5.92 Å². The molecule has 0 radical (unpaired) electrons. The van der Waals surface area contributed by atoms with Gasteiger partial charge < -0.3 is 25.0 Å². The number of rotatable bonds is 9. The first kappa shape index (κ1) is 30.5. The van der Waals surface area contributed by atoms with Gasteiger partial charge in [-0.15, -0.1) is 0 Å². The second-order valence-corrected chi connectivity index (χ2v) is 10.4. The van der Waals surface area contributed by atoms with Gasteiger partial charge in [0.15, 0.2) is 0 Å². The van der Waals surface area contributed by atoms with Gasteiger partial charge in [0.2, 0.25) is 0 Å². The molecule has 2 aromatic rings. The number of aliphatic hydroxyl groups is 1. The lowest BCUT2D eigenvalue weighted by atomic mass is 9.89. The number of aromatic nitrogens is 1. The molecular weight excluding hydrogens is 537 g/mol. The summed E-state index contributed by atoms with van der Waals surface area (Å²) in [5.41, 5.74) is -3.98. The van der Waals surface area contributed by atoms with Crippen LogP contribution in [-0.4, -0.2) is 73.3 Å². The van der Waals surface area contributed by atoms with Crippen molar-refractivity contribution in [2.24, 2.45) is 5.92 Å². The molecule has 1 aliphatic rings. The highest BCUT2D eigenvalue weighted by Gasteiger charge is 2.61. The number of benzene rings is 1. The molecule has 0 spiro atoms. The first-order valence-electron chi connectivity index (χ1n) is 12.7. The van der Waals surface area contributed by atoms with Crippen LogP contribution >= 0.6 is 11.6 Å². The van der Waals surface area contributed by atoms with Gasteiger partial charge in [-0.1, -0.05) is 23.7 Å². The van der Waals surface area contributed by atoms with Crippen molar-refractivity contribution < 1.29 is 32.6 Å². The van der Waals surface area contributed by atoms with Gasteiger partial charge in [-0.2, -0.15) is 13.2 Å². The van der Waals surface area contributed by atoms with Crippen LogP contribution in [0.2, 0.25) is 5.15 Å². The van der Waals surface area contributed by atoms with Crippen molar-refractivity contribution in [2.45, 2.75) is 50.4 Å². The molecule has 214 valence electrons. The molecular formula is C27H34ClF3N4O4. The lowest BCUT2D eigenvalue weighted by molar-refractivity contribution is -0.257. The van der Waals surface area contributed by atoms with Crippen molar-refractivity contribution in [1.82, 2.24) is 15.2 Å². The topological polar surface area (TPSA) is 95.0 Å². The number of ether oxygens (including phenoxy) is 1. The van der Waals surface area contributed by atoms with E-state index in [1.165, 1.54) is 24.1 Å². The summed E-state index contributed by atoms with van der Waals surface area (Å²) in [6.45, 7) is 3.04. The van der Waals surface area contributed by atoms with E-state index in [1.54, 1.807) is 33.2 Å². The number of pyridine rings is 1. The van der Waals surface area contributed by atoms with E-state index < -0.39 is 29.3 Å². The normalized spacial score (nSPS) is 16.8.